The third kappa shape index (κ3) is 6.86. The van der Waals surface area contributed by atoms with E-state index in [-0.39, 0.29) is 4.87 Å². The van der Waals surface area contributed by atoms with Gasteiger partial charge in [0, 0.05) is 17.7 Å². The number of carbonyl (C=O) groups excluding carboxylic acids is 1. The van der Waals surface area contributed by atoms with Crippen LogP contribution in [0.2, 0.25) is 0 Å². The van der Waals surface area contributed by atoms with Crippen molar-refractivity contribution in [3.05, 3.63) is 93.6 Å². The fraction of sp³-hybridized carbons (Fsp3) is 0.300. The average molecular weight is 549 g/mol. The monoisotopic (exact) mass is 548 g/mol. The third-order valence-electron chi connectivity index (χ3n) is 5.93. The molecular formula is C30H32N2O6S. The second kappa shape index (κ2) is 12.6. The van der Waals surface area contributed by atoms with Crippen LogP contribution in [0.3, 0.4) is 0 Å². The SMILES string of the molecule is CCOC(=O)C(C)(C)Oc1ccc(OCCCn2c(=O)sc3cc(/C(=N/OC)c4ccccc4)ccc32)cc1. The van der Waals surface area contributed by atoms with Gasteiger partial charge in [-0.05, 0) is 63.6 Å². The Bertz CT molecular complexity index is 1490. The standard InChI is InChI=1S/C30H32N2O6S/c1-5-36-28(33)30(2,3)38-24-15-13-23(14-16-24)37-19-9-18-32-25-17-12-22(20-26(25)39-29(32)34)27(31-35-4)21-10-7-6-8-11-21/h6-8,10-17,20H,5,9,18-19H2,1-4H3/b31-27+. The van der Waals surface area contributed by atoms with Crippen molar-refractivity contribution in [2.24, 2.45) is 5.16 Å². The molecule has 1 aromatic heterocycles. The van der Waals surface area contributed by atoms with Gasteiger partial charge in [-0.2, -0.15) is 0 Å². The molecule has 4 aromatic rings. The maximum atomic E-state index is 12.8. The van der Waals surface area contributed by atoms with Gasteiger partial charge in [-0.3, -0.25) is 9.36 Å². The summed E-state index contributed by atoms with van der Waals surface area (Å²) >= 11 is 1.21. The molecule has 9 heteroatoms. The van der Waals surface area contributed by atoms with Crippen molar-refractivity contribution in [1.29, 1.82) is 0 Å². The van der Waals surface area contributed by atoms with Crippen LogP contribution in [0.15, 0.2) is 82.7 Å². The van der Waals surface area contributed by atoms with Gasteiger partial charge in [0.1, 0.15) is 24.3 Å². The van der Waals surface area contributed by atoms with Crippen LogP contribution in [0.1, 0.15) is 38.3 Å². The lowest BCUT2D eigenvalue weighted by Crippen LogP contribution is -2.39. The highest BCUT2D eigenvalue weighted by Crippen LogP contribution is 2.24. The molecule has 0 aliphatic carbocycles. The summed E-state index contributed by atoms with van der Waals surface area (Å²) < 4.78 is 19.4. The molecule has 0 spiro atoms. The van der Waals surface area contributed by atoms with E-state index in [1.54, 1.807) is 49.6 Å². The molecule has 0 amide bonds. The van der Waals surface area contributed by atoms with Gasteiger partial charge in [-0.1, -0.05) is 52.9 Å². The van der Waals surface area contributed by atoms with Gasteiger partial charge >= 0.3 is 10.8 Å². The minimum Gasteiger partial charge on any atom is -0.494 e. The molecule has 204 valence electrons. The summed E-state index contributed by atoms with van der Waals surface area (Å²) in [5.41, 5.74) is 2.32. The number of benzene rings is 3. The Morgan fingerprint density at radius 2 is 1.69 bits per heavy atom. The zero-order chi connectivity index (χ0) is 27.8. The van der Waals surface area contributed by atoms with E-state index in [4.69, 9.17) is 19.0 Å². The summed E-state index contributed by atoms with van der Waals surface area (Å²) in [6, 6.07) is 22.8. The molecule has 0 fully saturated rings. The number of aryl methyl sites for hydroxylation is 1. The highest BCUT2D eigenvalue weighted by molar-refractivity contribution is 7.16. The lowest BCUT2D eigenvalue weighted by atomic mass is 10.0. The summed E-state index contributed by atoms with van der Waals surface area (Å²) in [5, 5.41) is 4.22. The van der Waals surface area contributed by atoms with E-state index in [0.717, 1.165) is 21.3 Å². The maximum absolute atomic E-state index is 12.8. The number of aromatic nitrogens is 1. The molecule has 0 radical (unpaired) electrons. The second-order valence-corrected chi connectivity index (χ2v) is 10.2. The summed E-state index contributed by atoms with van der Waals surface area (Å²) in [7, 11) is 1.52. The van der Waals surface area contributed by atoms with E-state index in [0.29, 0.717) is 43.4 Å². The van der Waals surface area contributed by atoms with E-state index >= 15 is 0 Å². The fourth-order valence-electron chi connectivity index (χ4n) is 4.04. The minimum atomic E-state index is -1.09. The number of carbonyl (C=O) groups is 1. The van der Waals surface area contributed by atoms with Crippen molar-refractivity contribution in [2.75, 3.05) is 20.3 Å². The smallest absolute Gasteiger partial charge is 0.349 e. The molecule has 0 saturated heterocycles. The van der Waals surface area contributed by atoms with E-state index in [1.165, 1.54) is 18.4 Å². The Morgan fingerprint density at radius 3 is 2.38 bits per heavy atom. The van der Waals surface area contributed by atoms with Crippen LogP contribution >= 0.6 is 11.3 Å². The number of rotatable bonds is 12. The van der Waals surface area contributed by atoms with Crippen LogP contribution in [0.4, 0.5) is 0 Å². The molecule has 39 heavy (non-hydrogen) atoms. The number of ether oxygens (including phenoxy) is 3. The van der Waals surface area contributed by atoms with E-state index < -0.39 is 11.6 Å². The van der Waals surface area contributed by atoms with Gasteiger partial charge in [0.15, 0.2) is 5.60 Å². The number of nitrogens with zero attached hydrogens (tertiary/aromatic N) is 2. The molecule has 0 atom stereocenters. The predicted octanol–water partition coefficient (Wildman–Crippen LogP) is 5.65. The lowest BCUT2D eigenvalue weighted by molar-refractivity contribution is -0.158. The Hall–Kier alpha value is -4.11. The number of fused-ring (bicyclic) bond motifs is 1. The first-order chi connectivity index (χ1) is 18.8. The quantitative estimate of drug-likeness (QED) is 0.0984. The number of hydrogen-bond donors (Lipinski definition) is 0. The van der Waals surface area contributed by atoms with Crippen LogP contribution in [-0.4, -0.2) is 42.2 Å². The Morgan fingerprint density at radius 1 is 0.974 bits per heavy atom. The van der Waals surface area contributed by atoms with Gasteiger partial charge < -0.3 is 19.0 Å². The molecule has 0 aliphatic heterocycles. The second-order valence-electron chi connectivity index (χ2n) is 9.20. The van der Waals surface area contributed by atoms with Gasteiger partial charge in [-0.25, -0.2) is 4.79 Å². The molecule has 0 bridgehead atoms. The van der Waals surface area contributed by atoms with Crippen LogP contribution < -0.4 is 14.3 Å². The molecule has 0 saturated carbocycles. The number of oxime groups is 1. The van der Waals surface area contributed by atoms with Gasteiger partial charge in [-0.15, -0.1) is 0 Å². The van der Waals surface area contributed by atoms with Crippen molar-refractivity contribution in [2.45, 2.75) is 39.3 Å². The molecule has 0 unspecified atom stereocenters. The molecule has 4 rings (SSSR count). The number of hydrogen-bond acceptors (Lipinski definition) is 8. The van der Waals surface area contributed by atoms with Gasteiger partial charge in [0.2, 0.25) is 0 Å². The summed E-state index contributed by atoms with van der Waals surface area (Å²) in [4.78, 5) is 29.9. The van der Waals surface area contributed by atoms with Gasteiger partial charge in [0.25, 0.3) is 0 Å². The van der Waals surface area contributed by atoms with Crippen molar-refractivity contribution in [1.82, 2.24) is 4.57 Å². The van der Waals surface area contributed by atoms with Crippen LogP contribution in [0.5, 0.6) is 11.5 Å². The maximum Gasteiger partial charge on any atom is 0.349 e. The van der Waals surface area contributed by atoms with Crippen LogP contribution in [0, 0.1) is 0 Å². The molecule has 0 aliphatic rings. The Kier molecular flexibility index (Phi) is 9.03. The Balaban J connectivity index is 1.37. The van der Waals surface area contributed by atoms with Crippen LogP contribution in [-0.2, 0) is 20.9 Å². The number of thiazole rings is 1. The normalized spacial score (nSPS) is 11.8. The average Bonchev–Trinajstić information content (AvgIpc) is 3.25. The van der Waals surface area contributed by atoms with Crippen molar-refractivity contribution >= 4 is 33.2 Å². The first-order valence-electron chi connectivity index (χ1n) is 12.7. The largest absolute Gasteiger partial charge is 0.494 e. The minimum absolute atomic E-state index is 0.0159. The molecule has 1 heterocycles. The summed E-state index contributed by atoms with van der Waals surface area (Å²) in [5.74, 6) is 0.800. The van der Waals surface area contributed by atoms with Crippen molar-refractivity contribution in [3.8, 4) is 11.5 Å². The van der Waals surface area contributed by atoms with Crippen LogP contribution in [0.25, 0.3) is 10.2 Å². The van der Waals surface area contributed by atoms with E-state index in [9.17, 15) is 9.59 Å². The van der Waals surface area contributed by atoms with Crippen molar-refractivity contribution < 1.29 is 23.8 Å². The topological polar surface area (TPSA) is 88.4 Å². The zero-order valence-corrected chi connectivity index (χ0v) is 23.3. The first-order valence-corrected chi connectivity index (χ1v) is 13.5. The molecule has 0 N–H and O–H groups in total. The van der Waals surface area contributed by atoms with E-state index in [2.05, 4.69) is 5.16 Å². The highest BCUT2D eigenvalue weighted by Gasteiger charge is 2.31. The van der Waals surface area contributed by atoms with Crippen molar-refractivity contribution in [3.63, 3.8) is 0 Å². The third-order valence-corrected chi connectivity index (χ3v) is 6.87. The number of esters is 1. The first kappa shape index (κ1) is 27.9. The van der Waals surface area contributed by atoms with Gasteiger partial charge in [0.05, 0.1) is 23.4 Å². The predicted molar refractivity (Wildman–Crippen MR) is 153 cm³/mol. The zero-order valence-electron chi connectivity index (χ0n) is 22.5. The Labute approximate surface area is 231 Å². The summed E-state index contributed by atoms with van der Waals surface area (Å²) in [6.45, 7) is 6.36. The molecule has 3 aromatic carbocycles. The molecular weight excluding hydrogens is 516 g/mol. The fourth-order valence-corrected chi connectivity index (χ4v) is 5.00. The summed E-state index contributed by atoms with van der Waals surface area (Å²) in [6.07, 6.45) is 0.655. The molecule has 8 nitrogen and oxygen atoms in total. The lowest BCUT2D eigenvalue weighted by Gasteiger charge is -2.24. The van der Waals surface area contributed by atoms with E-state index in [1.807, 2.05) is 48.5 Å². The highest BCUT2D eigenvalue weighted by atomic mass is 32.1.